The molecule has 0 unspecified atom stereocenters. The first-order valence-corrected chi connectivity index (χ1v) is 12.2. The van der Waals surface area contributed by atoms with Crippen LogP contribution in [0.3, 0.4) is 0 Å². The van der Waals surface area contributed by atoms with Crippen molar-refractivity contribution in [1.82, 2.24) is 0 Å². The number of halogens is 2. The molecule has 7 heteroatoms. The zero-order chi connectivity index (χ0) is 25.2. The van der Waals surface area contributed by atoms with Crippen LogP contribution in [-0.2, 0) is 9.53 Å². The van der Waals surface area contributed by atoms with Crippen LogP contribution in [-0.4, -0.2) is 19.0 Å². The summed E-state index contributed by atoms with van der Waals surface area (Å²) in [7, 11) is 1.29. The second-order valence-corrected chi connectivity index (χ2v) is 9.32. The number of carbonyl (C=O) groups excluding carboxylic acids is 2. The van der Waals surface area contributed by atoms with E-state index in [1.165, 1.54) is 7.11 Å². The second-order valence-electron chi connectivity index (χ2n) is 8.00. The first-order chi connectivity index (χ1) is 17.4. The van der Waals surface area contributed by atoms with Gasteiger partial charge in [0.2, 0.25) is 0 Å². The lowest BCUT2D eigenvalue weighted by Gasteiger charge is -2.21. The highest BCUT2D eigenvalue weighted by atomic mass is 79.9. The molecule has 36 heavy (non-hydrogen) atoms. The van der Waals surface area contributed by atoms with Crippen molar-refractivity contribution in [3.63, 3.8) is 0 Å². The van der Waals surface area contributed by atoms with E-state index in [2.05, 4.69) is 15.9 Å². The van der Waals surface area contributed by atoms with Gasteiger partial charge in [0.05, 0.1) is 29.1 Å². The largest absolute Gasteiger partial charge is 0.465 e. The van der Waals surface area contributed by atoms with Crippen molar-refractivity contribution < 1.29 is 18.7 Å². The number of furan rings is 1. The maximum Gasteiger partial charge on any atom is 0.339 e. The number of methoxy groups -OCH3 is 1. The normalized spacial score (nSPS) is 14.3. The van der Waals surface area contributed by atoms with E-state index < -0.39 is 5.97 Å². The molecule has 0 N–H and O–H groups in total. The van der Waals surface area contributed by atoms with Gasteiger partial charge < -0.3 is 9.15 Å². The first kappa shape index (κ1) is 23.9. The number of anilines is 1. The number of benzene rings is 3. The van der Waals surface area contributed by atoms with Crippen LogP contribution in [0.2, 0.25) is 5.02 Å². The summed E-state index contributed by atoms with van der Waals surface area (Å²) in [5.74, 6) is 0.414. The monoisotopic (exact) mass is 559 g/mol. The van der Waals surface area contributed by atoms with Gasteiger partial charge in [-0.3, -0.25) is 9.69 Å². The van der Waals surface area contributed by atoms with Crippen LogP contribution < -0.4 is 4.90 Å². The molecule has 1 aliphatic heterocycles. The molecule has 1 amide bonds. The number of esters is 1. The van der Waals surface area contributed by atoms with E-state index in [-0.39, 0.29) is 16.5 Å². The molecule has 0 spiro atoms. The van der Waals surface area contributed by atoms with Gasteiger partial charge in [-0.1, -0.05) is 70.0 Å². The fourth-order valence-corrected chi connectivity index (χ4v) is 4.42. The van der Waals surface area contributed by atoms with E-state index in [0.717, 1.165) is 15.6 Å². The average Bonchev–Trinajstić information content (AvgIpc) is 3.50. The zero-order valence-corrected chi connectivity index (χ0v) is 21.4. The predicted molar refractivity (Wildman–Crippen MR) is 145 cm³/mol. The van der Waals surface area contributed by atoms with Gasteiger partial charge >= 0.3 is 5.97 Å². The summed E-state index contributed by atoms with van der Waals surface area (Å²) < 4.78 is 11.8. The van der Waals surface area contributed by atoms with E-state index >= 15 is 0 Å². The fraction of sp³-hybridized carbons (Fsp3) is 0.0345. The van der Waals surface area contributed by atoms with E-state index in [4.69, 9.17) is 20.8 Å². The Morgan fingerprint density at radius 1 is 0.972 bits per heavy atom. The third-order valence-electron chi connectivity index (χ3n) is 5.72. The van der Waals surface area contributed by atoms with Crippen LogP contribution in [0, 0.1) is 0 Å². The topological polar surface area (TPSA) is 59.8 Å². The Balaban J connectivity index is 1.56. The minimum Gasteiger partial charge on any atom is -0.465 e. The molecule has 0 saturated carbocycles. The summed E-state index contributed by atoms with van der Waals surface area (Å²) in [5, 5.41) is 0.245. The Bertz CT molecular complexity index is 1520. The standard InChI is InChI=1S/C29H19BrClNO4/c1-35-29(34)24-17-22(11-13-25(24)31)32-26(18-5-3-2-4-6-18)16-20(28(32)33)15-23-12-14-27(36-23)19-7-9-21(30)10-8-19/h2-17H,1H3. The molecule has 0 bridgehead atoms. The lowest BCUT2D eigenvalue weighted by molar-refractivity contribution is -0.113. The highest BCUT2D eigenvalue weighted by molar-refractivity contribution is 9.10. The van der Waals surface area contributed by atoms with Crippen LogP contribution >= 0.6 is 27.5 Å². The molecule has 1 aliphatic rings. The lowest BCUT2D eigenvalue weighted by Crippen LogP contribution is -2.25. The Morgan fingerprint density at radius 3 is 2.44 bits per heavy atom. The van der Waals surface area contributed by atoms with Crippen molar-refractivity contribution in [3.05, 3.63) is 123 Å². The zero-order valence-electron chi connectivity index (χ0n) is 19.1. The Labute approximate surface area is 221 Å². The summed E-state index contributed by atoms with van der Waals surface area (Å²) in [6, 6.07) is 25.9. The van der Waals surface area contributed by atoms with Crippen molar-refractivity contribution >= 4 is 56.9 Å². The van der Waals surface area contributed by atoms with E-state index in [9.17, 15) is 9.59 Å². The van der Waals surface area contributed by atoms with Gasteiger partial charge in [-0.15, -0.1) is 0 Å². The molecule has 0 fully saturated rings. The molecule has 0 saturated heterocycles. The Morgan fingerprint density at radius 2 is 1.72 bits per heavy atom. The van der Waals surface area contributed by atoms with Gasteiger partial charge in [0, 0.05) is 15.6 Å². The van der Waals surface area contributed by atoms with Crippen LogP contribution in [0.1, 0.15) is 21.7 Å². The molecule has 0 radical (unpaired) electrons. The van der Waals surface area contributed by atoms with Gasteiger partial charge in [0.25, 0.3) is 5.91 Å². The van der Waals surface area contributed by atoms with Crippen molar-refractivity contribution in [2.75, 3.05) is 12.0 Å². The molecule has 0 aliphatic carbocycles. The van der Waals surface area contributed by atoms with Gasteiger partial charge in [-0.05, 0) is 60.2 Å². The first-order valence-electron chi connectivity index (χ1n) is 11.0. The molecule has 5 nitrogen and oxygen atoms in total. The quantitative estimate of drug-likeness (QED) is 0.186. The average molecular weight is 561 g/mol. The number of carbonyl (C=O) groups is 2. The molecular weight excluding hydrogens is 542 g/mol. The predicted octanol–water partition coefficient (Wildman–Crippen LogP) is 7.62. The van der Waals surface area contributed by atoms with Gasteiger partial charge in [-0.25, -0.2) is 4.79 Å². The smallest absolute Gasteiger partial charge is 0.339 e. The van der Waals surface area contributed by atoms with Gasteiger partial charge in [0.15, 0.2) is 0 Å². The number of hydrogen-bond acceptors (Lipinski definition) is 4. The highest BCUT2D eigenvalue weighted by Gasteiger charge is 2.31. The van der Waals surface area contributed by atoms with Crippen molar-refractivity contribution in [2.45, 2.75) is 0 Å². The third kappa shape index (κ3) is 4.65. The number of hydrogen-bond donors (Lipinski definition) is 0. The molecule has 0 atom stereocenters. The van der Waals surface area contributed by atoms with Crippen molar-refractivity contribution in [1.29, 1.82) is 0 Å². The Kier molecular flexibility index (Phi) is 6.63. The van der Waals surface area contributed by atoms with Gasteiger partial charge in [0.1, 0.15) is 11.5 Å². The van der Waals surface area contributed by atoms with E-state index in [1.54, 1.807) is 29.2 Å². The molecule has 1 aromatic heterocycles. The van der Waals surface area contributed by atoms with Crippen LogP contribution in [0.4, 0.5) is 5.69 Å². The van der Waals surface area contributed by atoms with E-state index in [1.807, 2.05) is 72.8 Å². The molecule has 2 heterocycles. The van der Waals surface area contributed by atoms with Crippen molar-refractivity contribution in [3.8, 4) is 11.3 Å². The summed E-state index contributed by atoms with van der Waals surface area (Å²) >= 11 is 9.65. The summed E-state index contributed by atoms with van der Waals surface area (Å²) in [6.07, 6.45) is 3.52. The Hall–Kier alpha value is -3.87. The molecule has 178 valence electrons. The molecule has 3 aromatic carbocycles. The maximum absolute atomic E-state index is 13.7. The van der Waals surface area contributed by atoms with E-state index in [0.29, 0.717) is 28.5 Å². The third-order valence-corrected chi connectivity index (χ3v) is 6.58. The molecule has 5 rings (SSSR count). The summed E-state index contributed by atoms with van der Waals surface area (Å²) in [6.45, 7) is 0. The maximum atomic E-state index is 13.7. The van der Waals surface area contributed by atoms with Crippen molar-refractivity contribution in [2.24, 2.45) is 0 Å². The summed E-state index contributed by atoms with van der Waals surface area (Å²) in [4.78, 5) is 27.4. The lowest BCUT2D eigenvalue weighted by atomic mass is 10.1. The SMILES string of the molecule is COC(=O)c1cc(N2C(=O)C(=Cc3ccc(-c4ccc(Br)cc4)o3)C=C2c2ccccc2)ccc1Cl. The number of nitrogens with zero attached hydrogens (tertiary/aromatic N) is 1. The number of rotatable bonds is 5. The second kappa shape index (κ2) is 10.0. The molecule has 4 aromatic rings. The van der Waals surface area contributed by atoms with Crippen LogP contribution in [0.15, 0.2) is 105 Å². The minimum absolute atomic E-state index is 0.180. The fourth-order valence-electron chi connectivity index (χ4n) is 3.96. The van der Waals surface area contributed by atoms with Crippen LogP contribution in [0.5, 0.6) is 0 Å². The van der Waals surface area contributed by atoms with Gasteiger partial charge in [-0.2, -0.15) is 0 Å². The minimum atomic E-state index is -0.578. The summed E-state index contributed by atoms with van der Waals surface area (Å²) in [5.41, 5.74) is 3.57. The number of ether oxygens (including phenoxy) is 1. The molecular formula is C29H19BrClNO4. The van der Waals surface area contributed by atoms with Crippen LogP contribution in [0.25, 0.3) is 23.1 Å². The highest BCUT2D eigenvalue weighted by Crippen LogP contribution is 2.37. The number of amides is 1.